The standard InChI is InChI=1S/C15H19N3O2S.2ClH/c1-3-16-8-9-17-14(19)13-10-21-15(18-13)11-4-6-12(20-2)7-5-11;;/h4-7,10,16H,3,8-9H2,1-2H3,(H,17,19);2*1H. The second kappa shape index (κ2) is 11.2. The van der Waals surface area contributed by atoms with Gasteiger partial charge in [0.25, 0.3) is 5.91 Å². The van der Waals surface area contributed by atoms with Crippen molar-refractivity contribution in [3.63, 3.8) is 0 Å². The maximum Gasteiger partial charge on any atom is 0.270 e. The Balaban J connectivity index is 0.00000242. The Labute approximate surface area is 152 Å². The van der Waals surface area contributed by atoms with Crippen LogP contribution in [-0.4, -0.2) is 37.6 Å². The quantitative estimate of drug-likeness (QED) is 0.727. The van der Waals surface area contributed by atoms with Gasteiger partial charge in [-0.3, -0.25) is 4.79 Å². The highest BCUT2D eigenvalue weighted by atomic mass is 35.5. The molecule has 1 amide bonds. The van der Waals surface area contributed by atoms with Crippen LogP contribution in [0, 0.1) is 0 Å². The molecule has 0 aliphatic carbocycles. The fourth-order valence-corrected chi connectivity index (χ4v) is 2.58. The van der Waals surface area contributed by atoms with Crippen LogP contribution in [0.2, 0.25) is 0 Å². The molecular formula is C15H21Cl2N3O2S. The summed E-state index contributed by atoms with van der Waals surface area (Å²) in [4.78, 5) is 16.3. The number of amides is 1. The number of rotatable bonds is 7. The van der Waals surface area contributed by atoms with Crippen molar-refractivity contribution < 1.29 is 9.53 Å². The Morgan fingerprint density at radius 2 is 1.91 bits per heavy atom. The van der Waals surface area contributed by atoms with E-state index in [1.165, 1.54) is 11.3 Å². The molecule has 0 aliphatic heterocycles. The number of nitrogens with zero attached hydrogens (tertiary/aromatic N) is 1. The number of hydrogen-bond donors (Lipinski definition) is 2. The summed E-state index contributed by atoms with van der Waals surface area (Å²) in [6, 6.07) is 7.63. The van der Waals surface area contributed by atoms with Crippen LogP contribution in [0.25, 0.3) is 10.6 Å². The molecule has 2 rings (SSSR count). The Hall–Kier alpha value is -1.34. The number of carbonyl (C=O) groups is 1. The summed E-state index contributed by atoms with van der Waals surface area (Å²) in [5, 5.41) is 8.60. The van der Waals surface area contributed by atoms with Crippen molar-refractivity contribution in [1.82, 2.24) is 15.6 Å². The van der Waals surface area contributed by atoms with Gasteiger partial charge < -0.3 is 15.4 Å². The van der Waals surface area contributed by atoms with Gasteiger partial charge in [-0.15, -0.1) is 36.2 Å². The normalized spacial score (nSPS) is 9.48. The van der Waals surface area contributed by atoms with Crippen molar-refractivity contribution in [2.24, 2.45) is 0 Å². The van der Waals surface area contributed by atoms with Gasteiger partial charge in [0.15, 0.2) is 0 Å². The molecule has 2 aromatic rings. The van der Waals surface area contributed by atoms with Crippen molar-refractivity contribution in [2.45, 2.75) is 6.92 Å². The van der Waals surface area contributed by atoms with Crippen molar-refractivity contribution in [2.75, 3.05) is 26.7 Å². The van der Waals surface area contributed by atoms with Gasteiger partial charge in [0.05, 0.1) is 7.11 Å². The van der Waals surface area contributed by atoms with Crippen molar-refractivity contribution in [3.8, 4) is 16.3 Å². The zero-order valence-electron chi connectivity index (χ0n) is 13.0. The number of ether oxygens (including phenoxy) is 1. The van der Waals surface area contributed by atoms with E-state index in [4.69, 9.17) is 4.74 Å². The summed E-state index contributed by atoms with van der Waals surface area (Å²) in [5.74, 6) is 0.667. The van der Waals surface area contributed by atoms with E-state index in [-0.39, 0.29) is 30.7 Å². The Bertz CT molecular complexity index is 591. The average molecular weight is 378 g/mol. The largest absolute Gasteiger partial charge is 0.497 e. The SMILES string of the molecule is CCNCCNC(=O)c1csc(-c2ccc(OC)cc2)n1.Cl.Cl. The minimum absolute atomic E-state index is 0. The highest BCUT2D eigenvalue weighted by Crippen LogP contribution is 2.25. The van der Waals surface area contributed by atoms with Crippen LogP contribution < -0.4 is 15.4 Å². The topological polar surface area (TPSA) is 63.2 Å². The first-order valence-electron chi connectivity index (χ1n) is 6.83. The van der Waals surface area contributed by atoms with Gasteiger partial charge in [0.2, 0.25) is 0 Å². The zero-order chi connectivity index (χ0) is 15.1. The third kappa shape index (κ3) is 6.35. The molecular weight excluding hydrogens is 357 g/mol. The van der Waals surface area contributed by atoms with Crippen molar-refractivity contribution in [3.05, 3.63) is 35.3 Å². The fraction of sp³-hybridized carbons (Fsp3) is 0.333. The summed E-state index contributed by atoms with van der Waals surface area (Å²) < 4.78 is 5.13. The first-order valence-corrected chi connectivity index (χ1v) is 7.71. The number of nitrogens with one attached hydrogen (secondary N) is 2. The molecule has 0 spiro atoms. The predicted molar refractivity (Wildman–Crippen MR) is 99.5 cm³/mol. The number of aromatic nitrogens is 1. The van der Waals surface area contributed by atoms with Crippen molar-refractivity contribution in [1.29, 1.82) is 0 Å². The van der Waals surface area contributed by atoms with Gasteiger partial charge in [-0.2, -0.15) is 0 Å². The van der Waals surface area contributed by atoms with Crippen molar-refractivity contribution >= 4 is 42.1 Å². The molecule has 1 heterocycles. The van der Waals surface area contributed by atoms with Gasteiger partial charge in [0.1, 0.15) is 16.5 Å². The Morgan fingerprint density at radius 1 is 1.22 bits per heavy atom. The highest BCUT2D eigenvalue weighted by Gasteiger charge is 2.11. The van der Waals surface area contributed by atoms with Crippen LogP contribution in [-0.2, 0) is 0 Å². The van der Waals surface area contributed by atoms with E-state index in [9.17, 15) is 4.79 Å². The molecule has 0 fully saturated rings. The minimum atomic E-state index is -0.135. The summed E-state index contributed by atoms with van der Waals surface area (Å²) in [7, 11) is 1.63. The van der Waals surface area contributed by atoms with Crippen LogP contribution in [0.3, 0.4) is 0 Å². The number of methoxy groups -OCH3 is 1. The number of hydrogen-bond acceptors (Lipinski definition) is 5. The maximum atomic E-state index is 11.9. The lowest BCUT2D eigenvalue weighted by Gasteiger charge is -2.03. The Kier molecular flexibility index (Phi) is 10.6. The monoisotopic (exact) mass is 377 g/mol. The van der Waals surface area contributed by atoms with Crippen LogP contribution in [0.1, 0.15) is 17.4 Å². The molecule has 0 radical (unpaired) electrons. The predicted octanol–water partition coefficient (Wildman–Crippen LogP) is 3.00. The van der Waals surface area contributed by atoms with E-state index in [1.807, 2.05) is 31.2 Å². The van der Waals surface area contributed by atoms with Gasteiger partial charge in [0, 0.05) is 24.0 Å². The third-order valence-corrected chi connectivity index (χ3v) is 3.80. The van der Waals surface area contributed by atoms with Gasteiger partial charge >= 0.3 is 0 Å². The van der Waals surface area contributed by atoms with Gasteiger partial charge in [-0.1, -0.05) is 6.92 Å². The lowest BCUT2D eigenvalue weighted by atomic mass is 10.2. The second-order valence-electron chi connectivity index (χ2n) is 4.38. The smallest absolute Gasteiger partial charge is 0.270 e. The second-order valence-corrected chi connectivity index (χ2v) is 5.23. The molecule has 1 aromatic carbocycles. The van der Waals surface area contributed by atoms with Crippen LogP contribution >= 0.6 is 36.2 Å². The van der Waals surface area contributed by atoms with E-state index < -0.39 is 0 Å². The number of halogens is 2. The molecule has 1 aromatic heterocycles. The number of benzene rings is 1. The first-order chi connectivity index (χ1) is 10.2. The molecule has 5 nitrogen and oxygen atoms in total. The zero-order valence-corrected chi connectivity index (χ0v) is 15.4. The lowest BCUT2D eigenvalue weighted by molar-refractivity contribution is 0.0950. The van der Waals surface area contributed by atoms with Gasteiger partial charge in [-0.25, -0.2) is 4.98 Å². The van der Waals surface area contributed by atoms with E-state index >= 15 is 0 Å². The van der Waals surface area contributed by atoms with Crippen LogP contribution in [0.5, 0.6) is 5.75 Å². The van der Waals surface area contributed by atoms with E-state index in [0.717, 1.165) is 29.4 Å². The lowest BCUT2D eigenvalue weighted by Crippen LogP contribution is -2.31. The fourth-order valence-electron chi connectivity index (χ4n) is 1.78. The molecule has 0 saturated carbocycles. The molecule has 0 bridgehead atoms. The molecule has 0 atom stereocenters. The summed E-state index contributed by atoms with van der Waals surface area (Å²) in [5.41, 5.74) is 1.44. The molecule has 8 heteroatoms. The van der Waals surface area contributed by atoms with E-state index in [2.05, 4.69) is 15.6 Å². The number of carbonyl (C=O) groups excluding carboxylic acids is 1. The van der Waals surface area contributed by atoms with Crippen LogP contribution in [0.4, 0.5) is 0 Å². The summed E-state index contributed by atoms with van der Waals surface area (Å²) >= 11 is 1.46. The molecule has 23 heavy (non-hydrogen) atoms. The molecule has 0 saturated heterocycles. The third-order valence-electron chi connectivity index (χ3n) is 2.91. The highest BCUT2D eigenvalue weighted by molar-refractivity contribution is 7.13. The Morgan fingerprint density at radius 3 is 2.52 bits per heavy atom. The number of likely N-dealkylation sites (N-methyl/N-ethyl adjacent to an activating group) is 1. The molecule has 0 aliphatic rings. The molecule has 128 valence electrons. The van der Waals surface area contributed by atoms with E-state index in [1.54, 1.807) is 12.5 Å². The van der Waals surface area contributed by atoms with Crippen LogP contribution in [0.15, 0.2) is 29.6 Å². The maximum absolute atomic E-state index is 11.9. The first kappa shape index (κ1) is 21.7. The summed E-state index contributed by atoms with van der Waals surface area (Å²) in [6.45, 7) is 4.29. The summed E-state index contributed by atoms with van der Waals surface area (Å²) in [6.07, 6.45) is 0. The molecule has 0 unspecified atom stereocenters. The van der Waals surface area contributed by atoms with Gasteiger partial charge in [-0.05, 0) is 30.8 Å². The minimum Gasteiger partial charge on any atom is -0.497 e. The molecule has 2 N–H and O–H groups in total. The number of thiazole rings is 1. The van der Waals surface area contributed by atoms with E-state index in [0.29, 0.717) is 12.2 Å². The average Bonchev–Trinajstić information content (AvgIpc) is 3.01.